The lowest BCUT2D eigenvalue weighted by Crippen LogP contribution is -2.36. The van der Waals surface area contributed by atoms with Gasteiger partial charge in [-0.25, -0.2) is 0 Å². The summed E-state index contributed by atoms with van der Waals surface area (Å²) in [6.07, 6.45) is 2.64. The average Bonchev–Trinajstić information content (AvgIpc) is 3.03. The molecule has 0 saturated heterocycles. The van der Waals surface area contributed by atoms with Gasteiger partial charge in [-0.05, 0) is 36.3 Å². The molecule has 1 aromatic carbocycles. The molecular formula is C24H30N2O4S. The predicted octanol–water partition coefficient (Wildman–Crippen LogP) is 4.95. The molecule has 166 valence electrons. The third-order valence-corrected chi connectivity index (χ3v) is 7.05. The number of aryl methyl sites for hydroxylation is 1. The number of nitrogens with two attached hydrogens (primary N) is 1. The molecule has 31 heavy (non-hydrogen) atoms. The van der Waals surface area contributed by atoms with Crippen LogP contribution in [0.2, 0.25) is 0 Å². The van der Waals surface area contributed by atoms with Crippen molar-refractivity contribution < 1.29 is 19.5 Å². The van der Waals surface area contributed by atoms with E-state index in [1.807, 2.05) is 31.2 Å². The molecule has 0 radical (unpaired) electrons. The maximum atomic E-state index is 12.9. The zero-order chi connectivity index (χ0) is 22.9. The number of carboxylic acids is 1. The molecule has 1 aliphatic carbocycles. The molecule has 3 rings (SSSR count). The molecule has 1 saturated carbocycles. The van der Waals surface area contributed by atoms with Crippen molar-refractivity contribution in [3.8, 4) is 11.1 Å². The second kappa shape index (κ2) is 8.83. The Morgan fingerprint density at radius 1 is 1.06 bits per heavy atom. The minimum atomic E-state index is -0.947. The van der Waals surface area contributed by atoms with Crippen LogP contribution in [0.3, 0.4) is 0 Å². The largest absolute Gasteiger partial charge is 0.481 e. The van der Waals surface area contributed by atoms with Crippen LogP contribution in [0.1, 0.15) is 67.3 Å². The number of thiophene rings is 1. The number of benzene rings is 1. The minimum Gasteiger partial charge on any atom is -0.481 e. The molecule has 2 aromatic rings. The number of hydrogen-bond acceptors (Lipinski definition) is 4. The minimum absolute atomic E-state index is 0.00848. The number of carboxylic acid groups (broad SMARTS) is 1. The average molecular weight is 443 g/mol. The highest BCUT2D eigenvalue weighted by Gasteiger charge is 2.36. The third kappa shape index (κ3) is 4.82. The standard InChI is InChI=1S/C24H30N2O4S/c1-13-18(14-9-11-15(12-10-14)24(2,3)4)19(20(25)27)22(31-13)26-21(28)16-7-5-6-8-17(16)23(29)30/h9-12,16-17H,5-8H2,1-4H3,(H2,25,27)(H,26,28)(H,29,30)/t16-,17+/m1/s1. The van der Waals surface area contributed by atoms with Crippen molar-refractivity contribution in [1.29, 1.82) is 0 Å². The van der Waals surface area contributed by atoms with E-state index in [2.05, 4.69) is 26.1 Å². The summed E-state index contributed by atoms with van der Waals surface area (Å²) < 4.78 is 0. The first kappa shape index (κ1) is 23.0. The van der Waals surface area contributed by atoms with Gasteiger partial charge in [-0.3, -0.25) is 14.4 Å². The second-order valence-corrected chi connectivity index (χ2v) is 10.5. The maximum absolute atomic E-state index is 12.9. The summed E-state index contributed by atoms with van der Waals surface area (Å²) in [5.41, 5.74) is 8.75. The molecule has 0 unspecified atom stereocenters. The summed E-state index contributed by atoms with van der Waals surface area (Å²) in [6.45, 7) is 8.29. The van der Waals surface area contributed by atoms with Gasteiger partial charge in [0.05, 0.1) is 17.4 Å². The smallest absolute Gasteiger partial charge is 0.307 e. The molecule has 7 heteroatoms. The van der Waals surface area contributed by atoms with Crippen molar-refractivity contribution in [3.05, 3.63) is 40.3 Å². The number of carbonyl (C=O) groups is 3. The fraction of sp³-hybridized carbons (Fsp3) is 0.458. The van der Waals surface area contributed by atoms with Crippen LogP contribution in [-0.2, 0) is 15.0 Å². The monoisotopic (exact) mass is 442 g/mol. The van der Waals surface area contributed by atoms with Crippen LogP contribution in [0.5, 0.6) is 0 Å². The number of rotatable bonds is 5. The number of aliphatic carboxylic acids is 1. The highest BCUT2D eigenvalue weighted by Crippen LogP contribution is 2.41. The molecule has 0 bridgehead atoms. The Morgan fingerprint density at radius 2 is 1.65 bits per heavy atom. The van der Waals surface area contributed by atoms with Crippen LogP contribution in [0.25, 0.3) is 11.1 Å². The number of anilines is 1. The summed E-state index contributed by atoms with van der Waals surface area (Å²) >= 11 is 1.30. The summed E-state index contributed by atoms with van der Waals surface area (Å²) in [4.78, 5) is 37.8. The quantitative estimate of drug-likeness (QED) is 0.608. The molecule has 1 heterocycles. The first-order valence-corrected chi connectivity index (χ1v) is 11.4. The van der Waals surface area contributed by atoms with Gasteiger partial charge in [0.1, 0.15) is 5.00 Å². The number of primary amides is 1. The van der Waals surface area contributed by atoms with Gasteiger partial charge in [0.15, 0.2) is 0 Å². The van der Waals surface area contributed by atoms with Crippen molar-refractivity contribution in [1.82, 2.24) is 0 Å². The van der Waals surface area contributed by atoms with E-state index in [1.165, 1.54) is 16.9 Å². The van der Waals surface area contributed by atoms with Crippen molar-refractivity contribution >= 4 is 34.1 Å². The van der Waals surface area contributed by atoms with Crippen LogP contribution in [0.15, 0.2) is 24.3 Å². The van der Waals surface area contributed by atoms with E-state index in [4.69, 9.17) is 5.73 Å². The van der Waals surface area contributed by atoms with E-state index < -0.39 is 23.7 Å². The SMILES string of the molecule is Cc1sc(NC(=O)[C@@H]2CCCC[C@@H]2C(=O)O)c(C(N)=O)c1-c1ccc(C(C)(C)C)cc1. The lowest BCUT2D eigenvalue weighted by Gasteiger charge is -2.27. The van der Waals surface area contributed by atoms with E-state index in [-0.39, 0.29) is 16.9 Å². The van der Waals surface area contributed by atoms with Gasteiger partial charge in [0, 0.05) is 10.4 Å². The molecule has 1 aromatic heterocycles. The Labute approximate surface area is 186 Å². The van der Waals surface area contributed by atoms with E-state index >= 15 is 0 Å². The fourth-order valence-corrected chi connectivity index (χ4v) is 5.38. The summed E-state index contributed by atoms with van der Waals surface area (Å²) in [7, 11) is 0. The number of carbonyl (C=O) groups excluding carboxylic acids is 2. The number of nitrogens with one attached hydrogen (secondary N) is 1. The number of amides is 2. The zero-order valence-electron chi connectivity index (χ0n) is 18.5. The molecule has 2 amide bonds. The molecule has 1 aliphatic rings. The van der Waals surface area contributed by atoms with Crippen LogP contribution >= 0.6 is 11.3 Å². The normalized spacial score (nSPS) is 19.1. The van der Waals surface area contributed by atoms with Crippen molar-refractivity contribution in [3.63, 3.8) is 0 Å². The lowest BCUT2D eigenvalue weighted by molar-refractivity contribution is -0.147. The summed E-state index contributed by atoms with van der Waals surface area (Å²) in [5.74, 6) is -3.23. The topological polar surface area (TPSA) is 109 Å². The zero-order valence-corrected chi connectivity index (χ0v) is 19.3. The first-order valence-electron chi connectivity index (χ1n) is 10.6. The Balaban J connectivity index is 1.95. The summed E-state index contributed by atoms with van der Waals surface area (Å²) in [6, 6.07) is 8.01. The van der Waals surface area contributed by atoms with E-state index in [9.17, 15) is 19.5 Å². The summed E-state index contributed by atoms with van der Waals surface area (Å²) in [5, 5.41) is 12.7. The molecule has 0 aliphatic heterocycles. The van der Waals surface area contributed by atoms with Gasteiger partial charge < -0.3 is 16.2 Å². The molecule has 4 N–H and O–H groups in total. The predicted molar refractivity (Wildman–Crippen MR) is 123 cm³/mol. The highest BCUT2D eigenvalue weighted by molar-refractivity contribution is 7.17. The Kier molecular flexibility index (Phi) is 6.55. The van der Waals surface area contributed by atoms with Crippen LogP contribution < -0.4 is 11.1 Å². The van der Waals surface area contributed by atoms with Crippen molar-refractivity contribution in [2.24, 2.45) is 17.6 Å². The van der Waals surface area contributed by atoms with Crippen LogP contribution in [-0.4, -0.2) is 22.9 Å². The van der Waals surface area contributed by atoms with E-state index in [1.54, 1.807) is 0 Å². The van der Waals surface area contributed by atoms with Gasteiger partial charge in [-0.2, -0.15) is 0 Å². The van der Waals surface area contributed by atoms with E-state index in [0.717, 1.165) is 23.3 Å². The highest BCUT2D eigenvalue weighted by atomic mass is 32.1. The number of hydrogen-bond donors (Lipinski definition) is 3. The van der Waals surface area contributed by atoms with Gasteiger partial charge in [-0.1, -0.05) is 57.9 Å². The molecule has 1 fully saturated rings. The van der Waals surface area contributed by atoms with Crippen molar-refractivity contribution in [2.75, 3.05) is 5.32 Å². The van der Waals surface area contributed by atoms with Gasteiger partial charge in [0.2, 0.25) is 5.91 Å². The van der Waals surface area contributed by atoms with Crippen molar-refractivity contribution in [2.45, 2.75) is 58.8 Å². The second-order valence-electron chi connectivity index (χ2n) is 9.25. The van der Waals surface area contributed by atoms with E-state index in [0.29, 0.717) is 23.4 Å². The van der Waals surface area contributed by atoms with Crippen LogP contribution in [0.4, 0.5) is 5.00 Å². The molecule has 2 atom stereocenters. The fourth-order valence-electron chi connectivity index (χ4n) is 4.30. The van der Waals surface area contributed by atoms with Gasteiger partial charge in [-0.15, -0.1) is 11.3 Å². The lowest BCUT2D eigenvalue weighted by atomic mass is 9.78. The first-order chi connectivity index (χ1) is 14.5. The Morgan fingerprint density at radius 3 is 2.16 bits per heavy atom. The molecule has 6 nitrogen and oxygen atoms in total. The Bertz CT molecular complexity index is 1000. The third-order valence-electron chi connectivity index (χ3n) is 6.03. The van der Waals surface area contributed by atoms with Crippen LogP contribution in [0, 0.1) is 18.8 Å². The molecular weight excluding hydrogens is 412 g/mol. The Hall–Kier alpha value is -2.67. The van der Waals surface area contributed by atoms with Gasteiger partial charge in [0.25, 0.3) is 5.91 Å². The van der Waals surface area contributed by atoms with Gasteiger partial charge >= 0.3 is 5.97 Å². The molecule has 0 spiro atoms. The maximum Gasteiger partial charge on any atom is 0.307 e.